The van der Waals surface area contributed by atoms with Gasteiger partial charge in [0, 0.05) is 0 Å². The summed E-state index contributed by atoms with van der Waals surface area (Å²) in [7, 11) is 0. The van der Waals surface area contributed by atoms with Crippen molar-refractivity contribution in [2.24, 2.45) is 0 Å². The largest absolute Gasteiger partial charge is 0.294 e. The van der Waals surface area contributed by atoms with E-state index in [4.69, 9.17) is 4.84 Å². The van der Waals surface area contributed by atoms with Crippen LogP contribution in [0.2, 0.25) is 0 Å². The Morgan fingerprint density at radius 3 is 2.00 bits per heavy atom. The lowest BCUT2D eigenvalue weighted by Gasteiger charge is -2.34. The minimum Gasteiger partial charge on any atom is -0.294 e. The molecule has 0 unspecified atom stereocenters. The van der Waals surface area contributed by atoms with E-state index in [2.05, 4.69) is 5.48 Å². The van der Waals surface area contributed by atoms with E-state index < -0.39 is 0 Å². The summed E-state index contributed by atoms with van der Waals surface area (Å²) in [6, 6.07) is 0. The molecule has 0 aromatic rings. The second kappa shape index (κ2) is 0.950. The molecule has 1 rings (SSSR count). The Balaban J connectivity index is 2.31. The average molecular weight is 87.1 g/mol. The molecular weight excluding hydrogens is 78.0 g/mol. The molecule has 2 nitrogen and oxygen atoms in total. The number of rotatable bonds is 0. The van der Waals surface area contributed by atoms with Gasteiger partial charge in [-0.2, -0.15) is 5.48 Å². The van der Waals surface area contributed by atoms with Gasteiger partial charge < -0.3 is 0 Å². The molecule has 0 spiro atoms. The predicted molar refractivity (Wildman–Crippen MR) is 23.2 cm³/mol. The predicted octanol–water partition coefficient (Wildman–Crippen LogP) is 0.300. The Bertz CT molecular complexity index is 54.6. The van der Waals surface area contributed by atoms with E-state index in [0.717, 1.165) is 6.54 Å². The molecule has 0 aromatic carbocycles. The van der Waals surface area contributed by atoms with E-state index in [1.807, 2.05) is 13.8 Å². The monoisotopic (exact) mass is 87.1 g/mol. The summed E-state index contributed by atoms with van der Waals surface area (Å²) in [5, 5.41) is 0. The van der Waals surface area contributed by atoms with Gasteiger partial charge in [0.2, 0.25) is 0 Å². The molecule has 0 atom stereocenters. The van der Waals surface area contributed by atoms with E-state index in [-0.39, 0.29) is 5.60 Å². The summed E-state index contributed by atoms with van der Waals surface area (Å²) in [6.45, 7) is 5.07. The molecule has 1 aliphatic heterocycles. The van der Waals surface area contributed by atoms with Gasteiger partial charge in [-0.05, 0) is 13.8 Å². The molecule has 1 heterocycles. The lowest BCUT2D eigenvalue weighted by molar-refractivity contribution is -0.182. The summed E-state index contributed by atoms with van der Waals surface area (Å²) in [5.41, 5.74) is 2.81. The molecule has 0 aromatic heterocycles. The SMILES string of the molecule is CC1(C)CNO1. The first-order chi connectivity index (χ1) is 2.71. The summed E-state index contributed by atoms with van der Waals surface area (Å²) in [5.74, 6) is 0. The van der Waals surface area contributed by atoms with Crippen molar-refractivity contribution in [2.45, 2.75) is 19.4 Å². The first-order valence-corrected chi connectivity index (χ1v) is 2.12. The van der Waals surface area contributed by atoms with E-state index in [1.165, 1.54) is 0 Å². The second-order valence-electron chi connectivity index (χ2n) is 2.18. The number of hydrogen-bond acceptors (Lipinski definition) is 2. The fourth-order valence-electron chi connectivity index (χ4n) is 0.361. The highest BCUT2D eigenvalue weighted by Gasteiger charge is 2.26. The summed E-state index contributed by atoms with van der Waals surface area (Å²) in [6.07, 6.45) is 0. The lowest BCUT2D eigenvalue weighted by atomic mass is 10.1. The van der Waals surface area contributed by atoms with Crippen LogP contribution in [0, 0.1) is 0 Å². The molecular formula is C4H9NO. The Hall–Kier alpha value is -0.0800. The quantitative estimate of drug-likeness (QED) is 0.459. The molecule has 0 amide bonds. The smallest absolute Gasteiger partial charge is 0.0987 e. The van der Waals surface area contributed by atoms with Crippen molar-refractivity contribution < 1.29 is 4.84 Å². The highest BCUT2D eigenvalue weighted by Crippen LogP contribution is 2.11. The molecule has 2 heteroatoms. The van der Waals surface area contributed by atoms with Crippen molar-refractivity contribution in [1.29, 1.82) is 0 Å². The molecule has 1 fully saturated rings. The fourth-order valence-corrected chi connectivity index (χ4v) is 0.361. The standard InChI is InChI=1S/C4H9NO/c1-4(2)3-5-6-4/h5H,3H2,1-2H3. The van der Waals surface area contributed by atoms with Gasteiger partial charge in [-0.15, -0.1) is 0 Å². The van der Waals surface area contributed by atoms with Crippen LogP contribution in [0.5, 0.6) is 0 Å². The third kappa shape index (κ3) is 0.533. The minimum atomic E-state index is 0.111. The maximum Gasteiger partial charge on any atom is 0.0987 e. The van der Waals surface area contributed by atoms with Crippen molar-refractivity contribution in [3.05, 3.63) is 0 Å². The Labute approximate surface area is 37.4 Å². The van der Waals surface area contributed by atoms with Crippen molar-refractivity contribution in [2.75, 3.05) is 6.54 Å². The first-order valence-electron chi connectivity index (χ1n) is 2.12. The molecule has 1 N–H and O–H groups in total. The van der Waals surface area contributed by atoms with Crippen LogP contribution in [0.15, 0.2) is 0 Å². The summed E-state index contributed by atoms with van der Waals surface area (Å²) >= 11 is 0. The third-order valence-electron chi connectivity index (χ3n) is 0.846. The van der Waals surface area contributed by atoms with Gasteiger partial charge >= 0.3 is 0 Å². The van der Waals surface area contributed by atoms with E-state index in [1.54, 1.807) is 0 Å². The fraction of sp³-hybridized carbons (Fsp3) is 1.00. The van der Waals surface area contributed by atoms with Gasteiger partial charge in [0.25, 0.3) is 0 Å². The van der Waals surface area contributed by atoms with Crippen LogP contribution < -0.4 is 5.48 Å². The van der Waals surface area contributed by atoms with Crippen LogP contribution in [-0.2, 0) is 4.84 Å². The van der Waals surface area contributed by atoms with Gasteiger partial charge in [0.1, 0.15) is 0 Å². The van der Waals surface area contributed by atoms with E-state index in [0.29, 0.717) is 0 Å². The zero-order chi connectivity index (χ0) is 4.62. The van der Waals surface area contributed by atoms with Crippen LogP contribution in [0.4, 0.5) is 0 Å². The molecule has 0 saturated carbocycles. The normalized spacial score (nSPS) is 29.0. The van der Waals surface area contributed by atoms with Crippen molar-refractivity contribution in [3.63, 3.8) is 0 Å². The van der Waals surface area contributed by atoms with Crippen LogP contribution >= 0.6 is 0 Å². The molecule has 0 bridgehead atoms. The van der Waals surface area contributed by atoms with Crippen molar-refractivity contribution >= 4 is 0 Å². The van der Waals surface area contributed by atoms with Crippen LogP contribution in [0.3, 0.4) is 0 Å². The van der Waals surface area contributed by atoms with Gasteiger partial charge in [0.05, 0.1) is 12.1 Å². The molecule has 6 heavy (non-hydrogen) atoms. The zero-order valence-electron chi connectivity index (χ0n) is 4.12. The topological polar surface area (TPSA) is 21.3 Å². The Kier molecular flexibility index (Phi) is 0.648. The minimum absolute atomic E-state index is 0.111. The maximum atomic E-state index is 4.87. The zero-order valence-corrected chi connectivity index (χ0v) is 4.12. The number of hydroxylamine groups is 1. The highest BCUT2D eigenvalue weighted by molar-refractivity contribution is 4.74. The molecule has 0 aliphatic carbocycles. The maximum absolute atomic E-state index is 4.87. The van der Waals surface area contributed by atoms with Gasteiger partial charge in [-0.25, -0.2) is 0 Å². The third-order valence-corrected chi connectivity index (χ3v) is 0.846. The highest BCUT2D eigenvalue weighted by atomic mass is 16.7. The second-order valence-corrected chi connectivity index (χ2v) is 2.18. The van der Waals surface area contributed by atoms with Gasteiger partial charge in [0.15, 0.2) is 0 Å². The van der Waals surface area contributed by atoms with Gasteiger partial charge in [-0.3, -0.25) is 4.84 Å². The summed E-state index contributed by atoms with van der Waals surface area (Å²) < 4.78 is 0. The lowest BCUT2D eigenvalue weighted by Crippen LogP contribution is -2.52. The average Bonchev–Trinajstić information content (AvgIpc) is 1.32. The van der Waals surface area contributed by atoms with Gasteiger partial charge in [-0.1, -0.05) is 0 Å². The van der Waals surface area contributed by atoms with E-state index >= 15 is 0 Å². The Morgan fingerprint density at radius 2 is 2.00 bits per heavy atom. The molecule has 1 aliphatic rings. The van der Waals surface area contributed by atoms with Crippen molar-refractivity contribution in [3.8, 4) is 0 Å². The van der Waals surface area contributed by atoms with Crippen molar-refractivity contribution in [1.82, 2.24) is 5.48 Å². The summed E-state index contributed by atoms with van der Waals surface area (Å²) in [4.78, 5) is 4.87. The van der Waals surface area contributed by atoms with Crippen LogP contribution in [0.25, 0.3) is 0 Å². The molecule has 1 saturated heterocycles. The number of nitrogens with one attached hydrogen (secondary N) is 1. The Morgan fingerprint density at radius 1 is 1.67 bits per heavy atom. The van der Waals surface area contributed by atoms with Crippen LogP contribution in [0.1, 0.15) is 13.8 Å². The molecule has 36 valence electrons. The number of hydrogen-bond donors (Lipinski definition) is 1. The first kappa shape index (κ1) is 4.09. The van der Waals surface area contributed by atoms with Crippen LogP contribution in [-0.4, -0.2) is 12.1 Å². The molecule has 0 radical (unpaired) electrons. The van der Waals surface area contributed by atoms with E-state index in [9.17, 15) is 0 Å².